The van der Waals surface area contributed by atoms with Crippen LogP contribution in [-0.2, 0) is 32.6 Å². The normalized spacial score (nSPS) is 13.5. The van der Waals surface area contributed by atoms with Gasteiger partial charge < -0.3 is 14.3 Å². The summed E-state index contributed by atoms with van der Waals surface area (Å²) in [5.74, 6) is -0.223. The van der Waals surface area contributed by atoms with Gasteiger partial charge in [0.15, 0.2) is 5.01 Å². The van der Waals surface area contributed by atoms with Crippen molar-refractivity contribution in [2.75, 3.05) is 7.11 Å². The number of aromatic nitrogens is 3. The number of nitrogens with zero attached hydrogens (tertiary/aromatic N) is 3. The fourth-order valence-electron chi connectivity index (χ4n) is 4.23. The lowest BCUT2D eigenvalue weighted by Crippen LogP contribution is -2.44. The molecule has 10 nitrogen and oxygen atoms in total. The largest absolute Gasteiger partial charge is 0.469 e. The Labute approximate surface area is 237 Å². The molecule has 41 heavy (non-hydrogen) atoms. The Hall–Kier alpha value is -3.40. The Balaban J connectivity index is 1.75. The molecule has 0 spiro atoms. The standard InChI is InChI=1S/C26H27F3N4O6S2/c1-5-19(26(27,28)29)33-41(36,37)18-11-10-16(14-8-6-7-9-15(14)18)21-17(13-34)30-23(40-21)22-32-31-20(39-22)12-25(2,3)24(35)38-4/h6-11,19,33-34H,5,12-13H2,1-4H3/t19-/m0/s1. The number of fused-ring (bicyclic) bond motifs is 1. The van der Waals surface area contributed by atoms with Crippen LogP contribution in [0.3, 0.4) is 0 Å². The van der Waals surface area contributed by atoms with E-state index in [9.17, 15) is 31.5 Å². The van der Waals surface area contributed by atoms with E-state index in [4.69, 9.17) is 9.15 Å². The van der Waals surface area contributed by atoms with Gasteiger partial charge in [0.05, 0.1) is 34.6 Å². The van der Waals surface area contributed by atoms with Crippen molar-refractivity contribution in [1.82, 2.24) is 19.9 Å². The highest BCUT2D eigenvalue weighted by Gasteiger charge is 2.41. The van der Waals surface area contributed by atoms with Crippen molar-refractivity contribution >= 4 is 38.1 Å². The first-order valence-electron chi connectivity index (χ1n) is 12.3. The first-order valence-corrected chi connectivity index (χ1v) is 14.6. The van der Waals surface area contributed by atoms with E-state index in [-0.39, 0.29) is 39.2 Å². The van der Waals surface area contributed by atoms with E-state index in [0.717, 1.165) is 11.3 Å². The maximum atomic E-state index is 13.3. The summed E-state index contributed by atoms with van der Waals surface area (Å²) in [7, 11) is -3.27. The molecule has 2 aromatic carbocycles. The maximum absolute atomic E-state index is 13.3. The number of nitrogens with one attached hydrogen (secondary N) is 1. The SMILES string of the molecule is CC[C@H](NS(=O)(=O)c1ccc(-c2sc(-c3nnc(CC(C)(C)C(=O)OC)o3)nc2CO)c2ccccc12)C(F)(F)F. The summed E-state index contributed by atoms with van der Waals surface area (Å²) in [5, 5.41) is 19.0. The molecule has 0 aliphatic rings. The first-order chi connectivity index (χ1) is 19.2. The predicted octanol–water partition coefficient (Wildman–Crippen LogP) is 4.87. The Kier molecular flexibility index (Phi) is 8.55. The number of alkyl halides is 3. The number of ether oxygens (including phenoxy) is 1. The summed E-state index contributed by atoms with van der Waals surface area (Å²) >= 11 is 1.11. The number of hydrogen-bond donors (Lipinski definition) is 2. The minimum Gasteiger partial charge on any atom is -0.469 e. The molecule has 0 saturated carbocycles. The Bertz CT molecular complexity index is 1680. The van der Waals surface area contributed by atoms with Gasteiger partial charge in [-0.3, -0.25) is 4.79 Å². The summed E-state index contributed by atoms with van der Waals surface area (Å²) in [6, 6.07) is 6.80. The Morgan fingerprint density at radius 1 is 1.15 bits per heavy atom. The summed E-state index contributed by atoms with van der Waals surface area (Å²) in [4.78, 5) is 16.6. The van der Waals surface area contributed by atoms with Crippen molar-refractivity contribution < 1.29 is 40.6 Å². The van der Waals surface area contributed by atoms with Crippen LogP contribution in [0.15, 0.2) is 45.7 Å². The van der Waals surface area contributed by atoms with E-state index in [1.54, 1.807) is 36.8 Å². The van der Waals surface area contributed by atoms with Crippen LogP contribution in [0.4, 0.5) is 13.2 Å². The van der Waals surface area contributed by atoms with Gasteiger partial charge in [0, 0.05) is 17.4 Å². The van der Waals surface area contributed by atoms with Gasteiger partial charge in [-0.15, -0.1) is 21.5 Å². The minimum atomic E-state index is -4.75. The molecular formula is C26H27F3N4O6S2. The van der Waals surface area contributed by atoms with Gasteiger partial charge >= 0.3 is 12.1 Å². The van der Waals surface area contributed by atoms with Crippen molar-refractivity contribution in [2.45, 2.75) is 57.3 Å². The predicted molar refractivity (Wildman–Crippen MR) is 144 cm³/mol. The minimum absolute atomic E-state index is 0.0528. The third-order valence-corrected chi connectivity index (χ3v) is 9.00. The van der Waals surface area contributed by atoms with Crippen LogP contribution in [-0.4, -0.2) is 54.0 Å². The number of carbonyl (C=O) groups is 1. The number of sulfonamides is 1. The van der Waals surface area contributed by atoms with Crippen molar-refractivity contribution in [3.63, 3.8) is 0 Å². The molecule has 0 amide bonds. The Morgan fingerprint density at radius 3 is 2.44 bits per heavy atom. The van der Waals surface area contributed by atoms with E-state index < -0.39 is 46.7 Å². The lowest BCUT2D eigenvalue weighted by molar-refractivity contribution is -0.152. The van der Waals surface area contributed by atoms with Crippen LogP contribution in [0.5, 0.6) is 0 Å². The van der Waals surface area contributed by atoms with Gasteiger partial charge in [-0.1, -0.05) is 37.3 Å². The van der Waals surface area contributed by atoms with Gasteiger partial charge in [0.25, 0.3) is 5.89 Å². The summed E-state index contributed by atoms with van der Waals surface area (Å²) in [6.07, 6.45) is -5.12. The molecule has 0 radical (unpaired) electrons. The second-order valence-electron chi connectivity index (χ2n) is 9.79. The molecular weight excluding hydrogens is 585 g/mol. The first kappa shape index (κ1) is 30.6. The maximum Gasteiger partial charge on any atom is 0.404 e. The summed E-state index contributed by atoms with van der Waals surface area (Å²) in [6.45, 7) is 4.11. The van der Waals surface area contributed by atoms with E-state index in [0.29, 0.717) is 15.8 Å². The second-order valence-corrected chi connectivity index (χ2v) is 12.5. The van der Waals surface area contributed by atoms with Crippen molar-refractivity contribution in [3.05, 3.63) is 48.0 Å². The van der Waals surface area contributed by atoms with Crippen LogP contribution < -0.4 is 4.72 Å². The highest BCUT2D eigenvalue weighted by Crippen LogP contribution is 2.40. The number of rotatable bonds is 10. The zero-order valence-electron chi connectivity index (χ0n) is 22.4. The lowest BCUT2D eigenvalue weighted by atomic mass is 9.89. The van der Waals surface area contributed by atoms with E-state index in [1.165, 1.54) is 32.2 Å². The number of aliphatic hydroxyl groups is 1. The third-order valence-electron chi connectivity index (χ3n) is 6.35. The summed E-state index contributed by atoms with van der Waals surface area (Å²) in [5.41, 5.74) is -0.168. The lowest BCUT2D eigenvalue weighted by Gasteiger charge is -2.21. The van der Waals surface area contributed by atoms with Gasteiger partial charge in [-0.05, 0) is 31.7 Å². The smallest absolute Gasteiger partial charge is 0.404 e. The van der Waals surface area contributed by atoms with Gasteiger partial charge in [0.2, 0.25) is 15.9 Å². The van der Waals surface area contributed by atoms with Crippen LogP contribution in [0.25, 0.3) is 32.1 Å². The number of carbonyl (C=O) groups excluding carboxylic acids is 1. The second kappa shape index (κ2) is 11.5. The average Bonchev–Trinajstić information content (AvgIpc) is 3.56. The van der Waals surface area contributed by atoms with Crippen LogP contribution in [0, 0.1) is 5.41 Å². The molecule has 2 N–H and O–H groups in total. The summed E-state index contributed by atoms with van der Waals surface area (Å²) < 4.78 is 78.4. The molecule has 15 heteroatoms. The van der Waals surface area contributed by atoms with E-state index in [1.807, 2.05) is 0 Å². The topological polar surface area (TPSA) is 145 Å². The van der Waals surface area contributed by atoms with E-state index in [2.05, 4.69) is 15.2 Å². The zero-order valence-corrected chi connectivity index (χ0v) is 24.1. The molecule has 0 aliphatic heterocycles. The number of methoxy groups -OCH3 is 1. The monoisotopic (exact) mass is 612 g/mol. The number of hydrogen-bond acceptors (Lipinski definition) is 10. The molecule has 2 heterocycles. The van der Waals surface area contributed by atoms with Gasteiger partial charge in [0.1, 0.15) is 6.04 Å². The number of aliphatic hydroxyl groups excluding tert-OH is 1. The fraction of sp³-hybridized carbons (Fsp3) is 0.385. The van der Waals surface area contributed by atoms with E-state index >= 15 is 0 Å². The third kappa shape index (κ3) is 6.27. The molecule has 4 aromatic rings. The zero-order chi connectivity index (χ0) is 30.2. The van der Waals surface area contributed by atoms with Crippen molar-refractivity contribution in [2.24, 2.45) is 5.41 Å². The van der Waals surface area contributed by atoms with Crippen LogP contribution in [0.1, 0.15) is 38.8 Å². The molecule has 220 valence electrons. The molecule has 0 unspecified atom stereocenters. The number of thiazole rings is 1. The van der Waals surface area contributed by atoms with Gasteiger partial charge in [-0.25, -0.2) is 13.4 Å². The fourth-order valence-corrected chi connectivity index (χ4v) is 6.79. The number of halogens is 3. The molecule has 0 fully saturated rings. The highest BCUT2D eigenvalue weighted by molar-refractivity contribution is 7.89. The quantitative estimate of drug-likeness (QED) is 0.240. The number of benzene rings is 2. The number of esters is 1. The molecule has 0 saturated heterocycles. The molecule has 0 aliphatic carbocycles. The molecule has 2 aromatic heterocycles. The van der Waals surface area contributed by atoms with Crippen molar-refractivity contribution in [3.8, 4) is 21.3 Å². The highest BCUT2D eigenvalue weighted by atomic mass is 32.2. The van der Waals surface area contributed by atoms with Crippen LogP contribution >= 0.6 is 11.3 Å². The molecule has 0 bridgehead atoms. The molecule has 4 rings (SSSR count). The van der Waals surface area contributed by atoms with Gasteiger partial charge in [-0.2, -0.15) is 17.9 Å². The molecule has 1 atom stereocenters. The average molecular weight is 613 g/mol. The van der Waals surface area contributed by atoms with Crippen LogP contribution in [0.2, 0.25) is 0 Å². The van der Waals surface area contributed by atoms with Crippen molar-refractivity contribution in [1.29, 1.82) is 0 Å². The Morgan fingerprint density at radius 2 is 1.83 bits per heavy atom.